The lowest BCUT2D eigenvalue weighted by Crippen LogP contribution is -2.07. The summed E-state index contributed by atoms with van der Waals surface area (Å²) in [6, 6.07) is 5.92. The second-order valence-corrected chi connectivity index (χ2v) is 8.36. The van der Waals surface area contributed by atoms with Gasteiger partial charge in [0, 0.05) is 26.4 Å². The Bertz CT molecular complexity index is 1130. The number of aromatic nitrogens is 4. The predicted molar refractivity (Wildman–Crippen MR) is 125 cm³/mol. The average Bonchev–Trinajstić information content (AvgIpc) is 3.38. The Hall–Kier alpha value is -3.36. The van der Waals surface area contributed by atoms with Gasteiger partial charge in [0.25, 0.3) is 0 Å². The molecular formula is C24H31N5O4. The molecule has 3 heterocycles. The number of carboxylic acids is 1. The van der Waals surface area contributed by atoms with E-state index in [2.05, 4.69) is 12.2 Å². The van der Waals surface area contributed by atoms with Crippen molar-refractivity contribution in [3.63, 3.8) is 0 Å². The van der Waals surface area contributed by atoms with Crippen LogP contribution in [0.25, 0.3) is 11.0 Å². The van der Waals surface area contributed by atoms with E-state index in [9.17, 15) is 4.79 Å². The molecule has 33 heavy (non-hydrogen) atoms. The van der Waals surface area contributed by atoms with Gasteiger partial charge in [0.2, 0.25) is 6.79 Å². The lowest BCUT2D eigenvalue weighted by Gasteiger charge is -2.11. The number of hydrogen-bond acceptors (Lipinski definition) is 7. The van der Waals surface area contributed by atoms with Crippen molar-refractivity contribution in [3.8, 4) is 11.5 Å². The minimum absolute atomic E-state index is 0.229. The molecular weight excluding hydrogens is 422 g/mol. The van der Waals surface area contributed by atoms with Gasteiger partial charge in [-0.2, -0.15) is 5.10 Å². The molecule has 4 rings (SSSR count). The summed E-state index contributed by atoms with van der Waals surface area (Å²) in [6.45, 7) is 2.98. The number of carboxylic acid groups (broad SMARTS) is 1. The number of aryl methyl sites for hydroxylation is 3. The van der Waals surface area contributed by atoms with Crippen molar-refractivity contribution in [2.24, 2.45) is 7.05 Å². The molecule has 2 aromatic heterocycles. The minimum atomic E-state index is -0.734. The highest BCUT2D eigenvalue weighted by molar-refractivity contribution is 5.87. The Morgan fingerprint density at radius 2 is 1.94 bits per heavy atom. The maximum Gasteiger partial charge on any atom is 0.303 e. The molecule has 0 fully saturated rings. The Labute approximate surface area is 193 Å². The fourth-order valence-electron chi connectivity index (χ4n) is 4.08. The van der Waals surface area contributed by atoms with Crippen LogP contribution in [0.3, 0.4) is 0 Å². The Morgan fingerprint density at radius 3 is 2.76 bits per heavy atom. The van der Waals surface area contributed by atoms with Crippen molar-refractivity contribution < 1.29 is 19.4 Å². The fraction of sp³-hybridized carbons (Fsp3) is 0.500. The van der Waals surface area contributed by atoms with Crippen molar-refractivity contribution in [2.75, 3.05) is 12.1 Å². The summed E-state index contributed by atoms with van der Waals surface area (Å²) in [4.78, 5) is 20.4. The van der Waals surface area contributed by atoms with Crippen molar-refractivity contribution in [3.05, 3.63) is 35.3 Å². The number of nitrogens with zero attached hydrogens (tertiary/aromatic N) is 4. The van der Waals surface area contributed by atoms with Gasteiger partial charge in [0.15, 0.2) is 17.3 Å². The lowest BCUT2D eigenvalue weighted by atomic mass is 10.1. The van der Waals surface area contributed by atoms with Gasteiger partial charge in [-0.1, -0.05) is 32.3 Å². The van der Waals surface area contributed by atoms with E-state index in [0.717, 1.165) is 84.0 Å². The van der Waals surface area contributed by atoms with E-state index in [1.54, 1.807) is 0 Å². The number of nitrogens with one attached hydrogen (secondary N) is 1. The predicted octanol–water partition coefficient (Wildman–Crippen LogP) is 4.23. The van der Waals surface area contributed by atoms with Crippen LogP contribution >= 0.6 is 0 Å². The zero-order valence-electron chi connectivity index (χ0n) is 19.3. The van der Waals surface area contributed by atoms with Crippen LogP contribution in [0.4, 0.5) is 5.82 Å². The van der Waals surface area contributed by atoms with Gasteiger partial charge < -0.3 is 19.9 Å². The second kappa shape index (κ2) is 10.5. The number of ether oxygens (including phenoxy) is 2. The highest BCUT2D eigenvalue weighted by Crippen LogP contribution is 2.33. The van der Waals surface area contributed by atoms with E-state index in [1.807, 2.05) is 29.9 Å². The van der Waals surface area contributed by atoms with E-state index >= 15 is 0 Å². The van der Waals surface area contributed by atoms with Gasteiger partial charge >= 0.3 is 5.97 Å². The maximum absolute atomic E-state index is 10.7. The minimum Gasteiger partial charge on any atom is -0.481 e. The van der Waals surface area contributed by atoms with Gasteiger partial charge in [0.05, 0.1) is 5.69 Å². The molecule has 0 aliphatic carbocycles. The van der Waals surface area contributed by atoms with Gasteiger partial charge in [-0.25, -0.2) is 9.97 Å². The highest BCUT2D eigenvalue weighted by atomic mass is 16.7. The monoisotopic (exact) mass is 453 g/mol. The van der Waals surface area contributed by atoms with Crippen LogP contribution in [0.15, 0.2) is 18.2 Å². The summed E-state index contributed by atoms with van der Waals surface area (Å²) in [6.07, 6.45) is 6.34. The number of aliphatic carboxylic acids is 1. The van der Waals surface area contributed by atoms with Crippen LogP contribution in [0.2, 0.25) is 0 Å². The zero-order valence-corrected chi connectivity index (χ0v) is 19.3. The molecule has 1 aromatic carbocycles. The summed E-state index contributed by atoms with van der Waals surface area (Å²) in [5.41, 5.74) is 3.88. The fourth-order valence-corrected chi connectivity index (χ4v) is 4.08. The highest BCUT2D eigenvalue weighted by Gasteiger charge is 2.18. The Kier molecular flexibility index (Phi) is 7.26. The summed E-state index contributed by atoms with van der Waals surface area (Å²) in [7, 11) is 1.93. The van der Waals surface area contributed by atoms with Crippen molar-refractivity contribution in [1.82, 2.24) is 19.7 Å². The van der Waals surface area contributed by atoms with Gasteiger partial charge in [-0.3, -0.25) is 9.48 Å². The van der Waals surface area contributed by atoms with Crippen LogP contribution in [-0.4, -0.2) is 37.6 Å². The van der Waals surface area contributed by atoms with Crippen LogP contribution < -0.4 is 14.8 Å². The molecule has 0 amide bonds. The summed E-state index contributed by atoms with van der Waals surface area (Å²) in [5, 5.41) is 17.0. The SMILES string of the molecule is CCCc1nn(C)c2c(NCc3ccc4c(c3)OCO4)nc(CCCCCCC(=O)O)nc12. The van der Waals surface area contributed by atoms with E-state index in [1.165, 1.54) is 0 Å². The molecule has 9 heteroatoms. The summed E-state index contributed by atoms with van der Waals surface area (Å²) >= 11 is 0. The quantitative estimate of drug-likeness (QED) is 0.392. The van der Waals surface area contributed by atoms with Crippen LogP contribution in [0.1, 0.15) is 62.5 Å². The average molecular weight is 454 g/mol. The molecule has 0 radical (unpaired) electrons. The number of carbonyl (C=O) groups is 1. The molecule has 1 aliphatic heterocycles. The molecule has 176 valence electrons. The third kappa shape index (κ3) is 5.53. The summed E-state index contributed by atoms with van der Waals surface area (Å²) in [5.74, 6) is 2.36. The zero-order chi connectivity index (χ0) is 23.2. The van der Waals surface area contributed by atoms with Crippen molar-refractivity contribution >= 4 is 22.8 Å². The Balaban J connectivity index is 1.51. The number of anilines is 1. The van der Waals surface area contributed by atoms with E-state index in [0.29, 0.717) is 13.0 Å². The molecule has 0 saturated heterocycles. The maximum atomic E-state index is 10.7. The number of unbranched alkanes of at least 4 members (excludes halogenated alkanes) is 3. The number of fused-ring (bicyclic) bond motifs is 2. The Morgan fingerprint density at radius 1 is 1.12 bits per heavy atom. The smallest absolute Gasteiger partial charge is 0.303 e. The third-order valence-corrected chi connectivity index (χ3v) is 5.72. The standard InChI is InChI=1S/C24H31N5O4/c1-3-8-17-22-23(29(2)28-17)24(25-14-16-11-12-18-19(13-16)33-15-32-18)27-20(26-22)9-6-4-5-7-10-21(30)31/h11-13H,3-10,14-15H2,1-2H3,(H,30,31)(H,25,26,27). The molecule has 0 saturated carbocycles. The molecule has 9 nitrogen and oxygen atoms in total. The first kappa shape index (κ1) is 22.8. The first-order chi connectivity index (χ1) is 16.0. The molecule has 1 aliphatic rings. The van der Waals surface area contributed by atoms with E-state index in [-0.39, 0.29) is 13.2 Å². The molecule has 3 aromatic rings. The van der Waals surface area contributed by atoms with Crippen molar-refractivity contribution in [1.29, 1.82) is 0 Å². The second-order valence-electron chi connectivity index (χ2n) is 8.36. The first-order valence-electron chi connectivity index (χ1n) is 11.6. The number of rotatable bonds is 12. The van der Waals surface area contributed by atoms with Gasteiger partial charge in [0.1, 0.15) is 16.9 Å². The molecule has 2 N–H and O–H groups in total. The van der Waals surface area contributed by atoms with Crippen LogP contribution in [0.5, 0.6) is 11.5 Å². The third-order valence-electron chi connectivity index (χ3n) is 5.72. The number of hydrogen-bond donors (Lipinski definition) is 2. The van der Waals surface area contributed by atoms with Crippen molar-refractivity contribution in [2.45, 2.75) is 64.8 Å². The molecule has 0 bridgehead atoms. The molecule has 0 atom stereocenters. The topological polar surface area (TPSA) is 111 Å². The lowest BCUT2D eigenvalue weighted by molar-refractivity contribution is -0.137. The summed E-state index contributed by atoms with van der Waals surface area (Å²) < 4.78 is 12.8. The van der Waals surface area contributed by atoms with Gasteiger partial charge in [-0.05, 0) is 37.0 Å². The number of benzene rings is 1. The van der Waals surface area contributed by atoms with E-state index in [4.69, 9.17) is 29.6 Å². The van der Waals surface area contributed by atoms with E-state index < -0.39 is 5.97 Å². The van der Waals surface area contributed by atoms with Crippen LogP contribution in [0, 0.1) is 0 Å². The van der Waals surface area contributed by atoms with Gasteiger partial charge in [-0.15, -0.1) is 0 Å². The molecule has 0 unspecified atom stereocenters. The normalized spacial score (nSPS) is 12.4. The largest absolute Gasteiger partial charge is 0.481 e. The molecule has 0 spiro atoms. The first-order valence-corrected chi connectivity index (χ1v) is 11.6. The van der Waals surface area contributed by atoms with Crippen LogP contribution in [-0.2, 0) is 31.2 Å².